The summed E-state index contributed by atoms with van der Waals surface area (Å²) in [7, 11) is 2.92. The van der Waals surface area contributed by atoms with Crippen LogP contribution in [0.2, 0.25) is 0 Å². The molecule has 0 unspecified atom stereocenters. The number of carboxylic acids is 1. The topological polar surface area (TPSA) is 93.6 Å². The number of ether oxygens (including phenoxy) is 2. The quantitative estimate of drug-likeness (QED) is 0.876. The Balaban J connectivity index is 2.46. The summed E-state index contributed by atoms with van der Waals surface area (Å²) in [6, 6.07) is 3.56. The average molecular weight is 303 g/mol. The number of rotatable bonds is 5. The Morgan fingerprint density at radius 2 is 1.82 bits per heavy atom. The lowest BCUT2D eigenvalue weighted by Crippen LogP contribution is -2.06. The van der Waals surface area contributed by atoms with Gasteiger partial charge in [-0.05, 0) is 37.1 Å². The van der Waals surface area contributed by atoms with Crippen molar-refractivity contribution in [3.8, 4) is 11.9 Å². The fourth-order valence-electron chi connectivity index (χ4n) is 1.93. The molecule has 0 saturated heterocycles. The number of anilines is 2. The lowest BCUT2D eigenvalue weighted by molar-refractivity contribution is 0.0698. The van der Waals surface area contributed by atoms with E-state index in [9.17, 15) is 9.90 Å². The molecule has 0 spiro atoms. The molecule has 1 aromatic heterocycles. The van der Waals surface area contributed by atoms with Gasteiger partial charge in [-0.25, -0.2) is 9.78 Å². The van der Waals surface area contributed by atoms with Crippen molar-refractivity contribution in [3.05, 3.63) is 35.0 Å². The van der Waals surface area contributed by atoms with Crippen molar-refractivity contribution in [2.45, 2.75) is 13.8 Å². The predicted octanol–water partition coefficient (Wildman–Crippen LogP) is 2.55. The molecule has 7 heteroatoms. The maximum absolute atomic E-state index is 11.4. The van der Waals surface area contributed by atoms with Gasteiger partial charge in [0, 0.05) is 0 Å². The molecule has 22 heavy (non-hydrogen) atoms. The first kappa shape index (κ1) is 15.6. The van der Waals surface area contributed by atoms with Gasteiger partial charge in [0.2, 0.25) is 5.88 Å². The van der Waals surface area contributed by atoms with Gasteiger partial charge in [-0.1, -0.05) is 0 Å². The second kappa shape index (κ2) is 6.30. The molecule has 1 heterocycles. The molecule has 0 aliphatic carbocycles. The number of methoxy groups -OCH3 is 2. The molecule has 0 radical (unpaired) electrons. The number of hydrogen-bond donors (Lipinski definition) is 2. The van der Waals surface area contributed by atoms with Crippen LogP contribution in [0, 0.1) is 13.8 Å². The van der Waals surface area contributed by atoms with E-state index in [1.807, 2.05) is 13.8 Å². The van der Waals surface area contributed by atoms with Gasteiger partial charge in [0.25, 0.3) is 0 Å². The number of nitrogens with one attached hydrogen (secondary N) is 1. The molecule has 0 saturated carbocycles. The number of aryl methyl sites for hydroxylation is 2. The Morgan fingerprint density at radius 3 is 2.41 bits per heavy atom. The van der Waals surface area contributed by atoms with Crippen molar-refractivity contribution >= 4 is 17.3 Å². The highest BCUT2D eigenvalue weighted by molar-refractivity contribution is 5.95. The third-order valence-electron chi connectivity index (χ3n) is 3.24. The van der Waals surface area contributed by atoms with Gasteiger partial charge < -0.3 is 19.9 Å². The minimum atomic E-state index is -1.01. The lowest BCUT2D eigenvalue weighted by atomic mass is 10.0. The number of carbonyl (C=O) groups is 1. The van der Waals surface area contributed by atoms with Crippen molar-refractivity contribution in [2.24, 2.45) is 0 Å². The molecule has 2 rings (SSSR count). The van der Waals surface area contributed by atoms with Gasteiger partial charge in [0.05, 0.1) is 31.7 Å². The van der Waals surface area contributed by atoms with Crippen LogP contribution >= 0.6 is 0 Å². The van der Waals surface area contributed by atoms with E-state index in [-0.39, 0.29) is 17.5 Å². The minimum Gasteiger partial charge on any atom is -0.479 e. The van der Waals surface area contributed by atoms with E-state index in [2.05, 4.69) is 15.3 Å². The summed E-state index contributed by atoms with van der Waals surface area (Å²) in [5.41, 5.74) is 2.94. The summed E-state index contributed by atoms with van der Waals surface area (Å²) < 4.78 is 10.1. The van der Waals surface area contributed by atoms with Crippen LogP contribution in [0.5, 0.6) is 11.9 Å². The van der Waals surface area contributed by atoms with Gasteiger partial charge in [-0.2, -0.15) is 4.98 Å². The zero-order chi connectivity index (χ0) is 16.3. The molecule has 0 aliphatic heterocycles. The normalized spacial score (nSPS) is 10.2. The van der Waals surface area contributed by atoms with E-state index in [0.29, 0.717) is 11.4 Å². The van der Waals surface area contributed by atoms with Crippen molar-refractivity contribution in [1.82, 2.24) is 9.97 Å². The van der Waals surface area contributed by atoms with Crippen molar-refractivity contribution < 1.29 is 19.4 Å². The summed E-state index contributed by atoms with van der Waals surface area (Å²) in [4.78, 5) is 19.5. The fourth-order valence-corrected chi connectivity index (χ4v) is 1.93. The highest BCUT2D eigenvalue weighted by atomic mass is 16.5. The monoisotopic (exact) mass is 303 g/mol. The molecule has 0 aliphatic rings. The first-order valence-electron chi connectivity index (χ1n) is 6.52. The standard InChI is InChI=1S/C15H17N3O4/c1-8-5-10(14(19)20)11(6-9(8)2)17-12-7-16-15(22-4)18-13(12)21-3/h5-7,17H,1-4H3,(H,19,20). The van der Waals surface area contributed by atoms with Crippen LogP contribution in [0.3, 0.4) is 0 Å². The molecule has 116 valence electrons. The molecule has 0 amide bonds. The largest absolute Gasteiger partial charge is 0.479 e. The molecular weight excluding hydrogens is 286 g/mol. The fraction of sp³-hybridized carbons (Fsp3) is 0.267. The van der Waals surface area contributed by atoms with Crippen molar-refractivity contribution in [1.29, 1.82) is 0 Å². The van der Waals surface area contributed by atoms with Crippen LogP contribution in [-0.4, -0.2) is 35.3 Å². The molecule has 0 fully saturated rings. The van der Waals surface area contributed by atoms with E-state index in [0.717, 1.165) is 11.1 Å². The number of carboxylic acid groups (broad SMARTS) is 1. The number of hydrogen-bond acceptors (Lipinski definition) is 6. The summed E-state index contributed by atoms with van der Waals surface area (Å²) in [5.74, 6) is -0.750. The predicted molar refractivity (Wildman–Crippen MR) is 81.3 cm³/mol. The van der Waals surface area contributed by atoms with Crippen LogP contribution in [0.25, 0.3) is 0 Å². The smallest absolute Gasteiger partial charge is 0.337 e. The van der Waals surface area contributed by atoms with Gasteiger partial charge in [-0.3, -0.25) is 0 Å². The number of benzene rings is 1. The van der Waals surface area contributed by atoms with Gasteiger partial charge >= 0.3 is 12.0 Å². The van der Waals surface area contributed by atoms with Gasteiger partial charge in [0.15, 0.2) is 0 Å². The SMILES string of the molecule is COc1ncc(Nc2cc(C)c(C)cc2C(=O)O)c(OC)n1. The molecule has 1 aromatic carbocycles. The summed E-state index contributed by atoms with van der Waals surface area (Å²) in [5, 5.41) is 12.4. The number of nitrogens with zero attached hydrogens (tertiary/aromatic N) is 2. The highest BCUT2D eigenvalue weighted by Gasteiger charge is 2.15. The summed E-state index contributed by atoms with van der Waals surface area (Å²) >= 11 is 0. The van der Waals surface area contributed by atoms with E-state index in [4.69, 9.17) is 9.47 Å². The zero-order valence-electron chi connectivity index (χ0n) is 12.8. The highest BCUT2D eigenvalue weighted by Crippen LogP contribution is 2.29. The summed E-state index contributed by atoms with van der Waals surface area (Å²) in [6.07, 6.45) is 1.48. The Morgan fingerprint density at radius 1 is 1.14 bits per heavy atom. The summed E-state index contributed by atoms with van der Waals surface area (Å²) in [6.45, 7) is 3.77. The second-order valence-corrected chi connectivity index (χ2v) is 4.69. The van der Waals surface area contributed by atoms with Crippen LogP contribution in [0.15, 0.2) is 18.3 Å². The molecule has 2 N–H and O–H groups in total. The molecule has 0 atom stereocenters. The Labute approximate surface area is 127 Å². The Kier molecular flexibility index (Phi) is 4.45. The number of aromatic nitrogens is 2. The molecule has 2 aromatic rings. The van der Waals surface area contributed by atoms with E-state index < -0.39 is 5.97 Å². The maximum Gasteiger partial charge on any atom is 0.337 e. The number of aromatic carboxylic acids is 1. The van der Waals surface area contributed by atoms with E-state index in [1.165, 1.54) is 20.4 Å². The molecule has 0 bridgehead atoms. The minimum absolute atomic E-state index is 0.168. The van der Waals surface area contributed by atoms with E-state index >= 15 is 0 Å². The van der Waals surface area contributed by atoms with Crippen LogP contribution in [0.1, 0.15) is 21.5 Å². The first-order chi connectivity index (χ1) is 10.5. The van der Waals surface area contributed by atoms with Gasteiger partial charge in [-0.15, -0.1) is 0 Å². The van der Waals surface area contributed by atoms with Crippen LogP contribution in [0.4, 0.5) is 11.4 Å². The zero-order valence-corrected chi connectivity index (χ0v) is 12.8. The molecular formula is C15H17N3O4. The average Bonchev–Trinajstić information content (AvgIpc) is 2.50. The van der Waals surface area contributed by atoms with E-state index in [1.54, 1.807) is 12.1 Å². The van der Waals surface area contributed by atoms with Crippen LogP contribution in [-0.2, 0) is 0 Å². The van der Waals surface area contributed by atoms with Gasteiger partial charge in [0.1, 0.15) is 5.69 Å². The maximum atomic E-state index is 11.4. The Bertz CT molecular complexity index is 716. The molecule has 7 nitrogen and oxygen atoms in total. The third kappa shape index (κ3) is 3.08. The third-order valence-corrected chi connectivity index (χ3v) is 3.24. The van der Waals surface area contributed by atoms with Crippen molar-refractivity contribution in [2.75, 3.05) is 19.5 Å². The second-order valence-electron chi connectivity index (χ2n) is 4.69. The lowest BCUT2D eigenvalue weighted by Gasteiger charge is -2.14. The van der Waals surface area contributed by atoms with Crippen LogP contribution < -0.4 is 14.8 Å². The Hall–Kier alpha value is -2.83. The first-order valence-corrected chi connectivity index (χ1v) is 6.52. The van der Waals surface area contributed by atoms with Crippen molar-refractivity contribution in [3.63, 3.8) is 0 Å².